The molecular weight excluding hydrogens is 326 g/mol. The molecule has 0 saturated heterocycles. The SMILES string of the molecule is Cc1ccc(C(=O)O[C@H](C)C(=O)NC23CC4CC(CC(C4)C2)C3)c(C)c1. The Kier molecular flexibility index (Phi) is 4.32. The lowest BCUT2D eigenvalue weighted by Crippen LogP contribution is -2.61. The number of carbonyl (C=O) groups is 2. The molecule has 0 unspecified atom stereocenters. The molecule has 0 spiro atoms. The molecule has 4 aliphatic rings. The Morgan fingerprint density at radius 2 is 1.65 bits per heavy atom. The summed E-state index contributed by atoms with van der Waals surface area (Å²) in [7, 11) is 0. The van der Waals surface area contributed by atoms with Crippen molar-refractivity contribution in [2.45, 2.75) is 70.9 Å². The van der Waals surface area contributed by atoms with Crippen LogP contribution in [0.5, 0.6) is 0 Å². The van der Waals surface area contributed by atoms with Crippen molar-refractivity contribution in [2.75, 3.05) is 0 Å². The van der Waals surface area contributed by atoms with Gasteiger partial charge in [0.1, 0.15) is 0 Å². The molecule has 1 atom stereocenters. The van der Waals surface area contributed by atoms with E-state index in [1.807, 2.05) is 26.0 Å². The summed E-state index contributed by atoms with van der Waals surface area (Å²) in [5.41, 5.74) is 2.46. The number of esters is 1. The van der Waals surface area contributed by atoms with E-state index in [4.69, 9.17) is 4.74 Å². The van der Waals surface area contributed by atoms with Crippen LogP contribution in [0.1, 0.15) is 66.9 Å². The molecule has 1 amide bonds. The smallest absolute Gasteiger partial charge is 0.339 e. The average Bonchev–Trinajstić information content (AvgIpc) is 2.52. The first-order chi connectivity index (χ1) is 12.3. The minimum absolute atomic E-state index is 0.0493. The number of benzene rings is 1. The molecule has 0 radical (unpaired) electrons. The lowest BCUT2D eigenvalue weighted by atomic mass is 9.53. The molecule has 0 aliphatic heterocycles. The number of hydrogen-bond acceptors (Lipinski definition) is 3. The summed E-state index contributed by atoms with van der Waals surface area (Å²) in [6.45, 7) is 5.56. The fraction of sp³-hybridized carbons (Fsp3) is 0.636. The predicted octanol–water partition coefficient (Wildman–Crippen LogP) is 3.93. The van der Waals surface area contributed by atoms with Crippen LogP contribution in [0.15, 0.2) is 18.2 Å². The van der Waals surface area contributed by atoms with Gasteiger partial charge in [-0.15, -0.1) is 0 Å². The summed E-state index contributed by atoms with van der Waals surface area (Å²) in [5, 5.41) is 3.29. The first kappa shape index (κ1) is 17.6. The molecule has 4 nitrogen and oxygen atoms in total. The number of amides is 1. The molecule has 4 heteroatoms. The predicted molar refractivity (Wildman–Crippen MR) is 99.8 cm³/mol. The van der Waals surface area contributed by atoms with Gasteiger partial charge in [0.2, 0.25) is 0 Å². The normalized spacial score (nSPS) is 33.0. The highest BCUT2D eigenvalue weighted by molar-refractivity contribution is 5.93. The van der Waals surface area contributed by atoms with Gasteiger partial charge in [-0.2, -0.15) is 0 Å². The number of ether oxygens (including phenoxy) is 1. The van der Waals surface area contributed by atoms with Crippen molar-refractivity contribution in [3.63, 3.8) is 0 Å². The molecule has 0 aromatic heterocycles. The Balaban J connectivity index is 1.40. The van der Waals surface area contributed by atoms with Gasteiger partial charge in [0.25, 0.3) is 5.91 Å². The van der Waals surface area contributed by atoms with Gasteiger partial charge in [0, 0.05) is 5.54 Å². The number of aryl methyl sites for hydroxylation is 2. The number of nitrogens with one attached hydrogen (secondary N) is 1. The lowest BCUT2D eigenvalue weighted by Gasteiger charge is -2.57. The third-order valence-electron chi connectivity index (χ3n) is 6.68. The number of carbonyl (C=O) groups excluding carboxylic acids is 2. The Labute approximate surface area is 155 Å². The minimum atomic E-state index is -0.767. The van der Waals surface area contributed by atoms with Crippen molar-refractivity contribution in [2.24, 2.45) is 17.8 Å². The zero-order valence-corrected chi connectivity index (χ0v) is 16.0. The molecule has 1 aromatic carbocycles. The molecule has 4 bridgehead atoms. The zero-order chi connectivity index (χ0) is 18.5. The van der Waals surface area contributed by atoms with E-state index >= 15 is 0 Å². The molecular formula is C22H29NO3. The highest BCUT2D eigenvalue weighted by Gasteiger charge is 2.51. The number of hydrogen-bond donors (Lipinski definition) is 1. The molecule has 1 aromatic rings. The van der Waals surface area contributed by atoms with Gasteiger partial charge in [-0.05, 0) is 88.7 Å². The Bertz CT molecular complexity index is 704. The van der Waals surface area contributed by atoms with Crippen molar-refractivity contribution in [1.29, 1.82) is 0 Å². The molecule has 1 N–H and O–H groups in total. The Morgan fingerprint density at radius 1 is 1.08 bits per heavy atom. The van der Waals surface area contributed by atoms with E-state index in [0.717, 1.165) is 48.1 Å². The van der Waals surface area contributed by atoms with E-state index in [9.17, 15) is 9.59 Å². The van der Waals surface area contributed by atoms with Gasteiger partial charge in [-0.25, -0.2) is 4.79 Å². The van der Waals surface area contributed by atoms with E-state index in [1.54, 1.807) is 13.0 Å². The van der Waals surface area contributed by atoms with E-state index in [1.165, 1.54) is 19.3 Å². The monoisotopic (exact) mass is 355 g/mol. The zero-order valence-electron chi connectivity index (χ0n) is 16.0. The summed E-state index contributed by atoms with van der Waals surface area (Å²) in [6.07, 6.45) is 6.55. The summed E-state index contributed by atoms with van der Waals surface area (Å²) >= 11 is 0. The van der Waals surface area contributed by atoms with Gasteiger partial charge >= 0.3 is 5.97 Å². The lowest BCUT2D eigenvalue weighted by molar-refractivity contribution is -0.134. The molecule has 4 fully saturated rings. The van der Waals surface area contributed by atoms with Gasteiger partial charge in [-0.1, -0.05) is 17.7 Å². The van der Waals surface area contributed by atoms with Gasteiger partial charge in [0.15, 0.2) is 6.10 Å². The number of rotatable bonds is 4. The van der Waals surface area contributed by atoms with Crippen LogP contribution in [-0.2, 0) is 9.53 Å². The van der Waals surface area contributed by atoms with Crippen LogP contribution in [0.3, 0.4) is 0 Å². The minimum Gasteiger partial charge on any atom is -0.449 e. The highest BCUT2D eigenvalue weighted by atomic mass is 16.5. The van der Waals surface area contributed by atoms with Gasteiger partial charge < -0.3 is 10.1 Å². The summed E-state index contributed by atoms with van der Waals surface area (Å²) in [4.78, 5) is 25.2. The molecule has 26 heavy (non-hydrogen) atoms. The maximum Gasteiger partial charge on any atom is 0.339 e. The van der Waals surface area contributed by atoms with Crippen LogP contribution in [0, 0.1) is 31.6 Å². The van der Waals surface area contributed by atoms with Crippen molar-refractivity contribution in [3.05, 3.63) is 34.9 Å². The fourth-order valence-corrected chi connectivity index (χ4v) is 5.95. The molecule has 5 rings (SSSR count). The van der Waals surface area contributed by atoms with Gasteiger partial charge in [0.05, 0.1) is 5.56 Å². The van der Waals surface area contributed by atoms with E-state index in [2.05, 4.69) is 5.32 Å². The maximum atomic E-state index is 12.7. The quantitative estimate of drug-likeness (QED) is 0.833. The second-order valence-corrected chi connectivity index (χ2v) is 9.05. The van der Waals surface area contributed by atoms with Gasteiger partial charge in [-0.3, -0.25) is 4.79 Å². The van der Waals surface area contributed by atoms with Crippen LogP contribution in [-0.4, -0.2) is 23.5 Å². The van der Waals surface area contributed by atoms with Crippen LogP contribution < -0.4 is 5.32 Å². The van der Waals surface area contributed by atoms with Crippen molar-refractivity contribution in [3.8, 4) is 0 Å². The maximum absolute atomic E-state index is 12.7. The summed E-state index contributed by atoms with van der Waals surface area (Å²) in [5.74, 6) is 1.75. The second-order valence-electron chi connectivity index (χ2n) is 9.05. The second kappa shape index (κ2) is 6.40. The Morgan fingerprint density at radius 3 is 2.19 bits per heavy atom. The first-order valence-electron chi connectivity index (χ1n) is 9.94. The summed E-state index contributed by atoms with van der Waals surface area (Å²) in [6, 6.07) is 5.62. The van der Waals surface area contributed by atoms with E-state index in [-0.39, 0.29) is 11.4 Å². The molecule has 4 aliphatic carbocycles. The van der Waals surface area contributed by atoms with Crippen LogP contribution >= 0.6 is 0 Å². The third-order valence-corrected chi connectivity index (χ3v) is 6.68. The van der Waals surface area contributed by atoms with Crippen LogP contribution in [0.4, 0.5) is 0 Å². The average molecular weight is 355 g/mol. The molecule has 4 saturated carbocycles. The molecule has 140 valence electrons. The topological polar surface area (TPSA) is 55.4 Å². The van der Waals surface area contributed by atoms with Crippen molar-refractivity contribution >= 4 is 11.9 Å². The van der Waals surface area contributed by atoms with E-state index in [0.29, 0.717) is 5.56 Å². The van der Waals surface area contributed by atoms with Crippen LogP contribution in [0.2, 0.25) is 0 Å². The van der Waals surface area contributed by atoms with Crippen molar-refractivity contribution in [1.82, 2.24) is 5.32 Å². The Hall–Kier alpha value is -1.84. The summed E-state index contributed by atoms with van der Waals surface area (Å²) < 4.78 is 5.48. The highest BCUT2D eigenvalue weighted by Crippen LogP contribution is 2.55. The molecule has 0 heterocycles. The van der Waals surface area contributed by atoms with Crippen molar-refractivity contribution < 1.29 is 14.3 Å². The van der Waals surface area contributed by atoms with Crippen LogP contribution in [0.25, 0.3) is 0 Å². The standard InChI is InChI=1S/C22H29NO3/c1-13-4-5-19(14(2)6-13)21(25)26-15(3)20(24)23-22-10-16-7-17(11-22)9-18(8-16)12-22/h4-6,15-18H,7-12H2,1-3H3,(H,23,24)/t15-,16?,17?,18?,22?/m1/s1. The fourth-order valence-electron chi connectivity index (χ4n) is 5.95. The van der Waals surface area contributed by atoms with E-state index < -0.39 is 12.1 Å². The third kappa shape index (κ3) is 3.26. The largest absolute Gasteiger partial charge is 0.449 e. The first-order valence-corrected chi connectivity index (χ1v) is 9.94.